The molecule has 0 saturated carbocycles. The van der Waals surface area contributed by atoms with Gasteiger partial charge in [0.05, 0.1) is 11.8 Å². The zero-order valence-electron chi connectivity index (χ0n) is 16.3. The summed E-state index contributed by atoms with van der Waals surface area (Å²) in [5, 5.41) is 15.1. The van der Waals surface area contributed by atoms with E-state index in [9.17, 15) is 5.11 Å². The zero-order valence-corrected chi connectivity index (χ0v) is 16.3. The SMILES string of the molecule is Cc1cc(C)n(CC2CCN(C[C@H](O)CN3CCC(C)CC3)CC2)n1. The highest BCUT2D eigenvalue weighted by molar-refractivity contribution is 5.06. The minimum atomic E-state index is -0.207. The Morgan fingerprint density at radius 2 is 1.60 bits per heavy atom. The van der Waals surface area contributed by atoms with Crippen molar-refractivity contribution in [3.05, 3.63) is 17.5 Å². The van der Waals surface area contributed by atoms with Gasteiger partial charge in [-0.3, -0.25) is 4.68 Å². The topological polar surface area (TPSA) is 44.5 Å². The highest BCUT2D eigenvalue weighted by Crippen LogP contribution is 2.21. The van der Waals surface area contributed by atoms with Crippen molar-refractivity contribution < 1.29 is 5.11 Å². The molecule has 3 rings (SSSR count). The molecule has 2 aliphatic heterocycles. The quantitative estimate of drug-likeness (QED) is 0.857. The summed E-state index contributed by atoms with van der Waals surface area (Å²) in [6, 6.07) is 2.16. The molecule has 0 radical (unpaired) electrons. The lowest BCUT2D eigenvalue weighted by atomic mass is 9.96. The second-order valence-electron chi connectivity index (χ2n) is 8.49. The fourth-order valence-electron chi connectivity index (χ4n) is 4.35. The van der Waals surface area contributed by atoms with Gasteiger partial charge in [0.1, 0.15) is 0 Å². The molecule has 2 aliphatic rings. The van der Waals surface area contributed by atoms with Crippen LogP contribution in [0.1, 0.15) is 44.0 Å². The number of piperidine rings is 2. The fraction of sp³-hybridized carbons (Fsp3) is 0.850. The molecule has 0 aliphatic carbocycles. The highest BCUT2D eigenvalue weighted by Gasteiger charge is 2.24. The minimum absolute atomic E-state index is 0.207. The molecular weight excluding hydrogens is 312 g/mol. The number of rotatable bonds is 6. The van der Waals surface area contributed by atoms with Crippen molar-refractivity contribution in [2.45, 2.75) is 59.1 Å². The third-order valence-corrected chi connectivity index (χ3v) is 6.06. The summed E-state index contributed by atoms with van der Waals surface area (Å²) in [5.41, 5.74) is 2.39. The van der Waals surface area contributed by atoms with Crippen LogP contribution in [0.25, 0.3) is 0 Å². The number of β-amino-alcohol motifs (C(OH)–C–C–N with tert-alkyl or cyclic N) is 1. The predicted octanol–water partition coefficient (Wildman–Crippen LogP) is 2.30. The van der Waals surface area contributed by atoms with E-state index in [1.54, 1.807) is 0 Å². The van der Waals surface area contributed by atoms with Gasteiger partial charge >= 0.3 is 0 Å². The summed E-state index contributed by atoms with van der Waals surface area (Å²) in [6.45, 7) is 13.8. The Morgan fingerprint density at radius 1 is 1.04 bits per heavy atom. The van der Waals surface area contributed by atoms with Gasteiger partial charge in [-0.25, -0.2) is 0 Å². The van der Waals surface area contributed by atoms with Gasteiger partial charge in [0.15, 0.2) is 0 Å². The molecule has 3 heterocycles. The number of nitrogens with zero attached hydrogens (tertiary/aromatic N) is 4. The molecule has 1 aromatic rings. The number of hydrogen-bond acceptors (Lipinski definition) is 4. The van der Waals surface area contributed by atoms with E-state index in [1.165, 1.54) is 31.4 Å². The summed E-state index contributed by atoms with van der Waals surface area (Å²) >= 11 is 0. The Labute approximate surface area is 153 Å². The van der Waals surface area contributed by atoms with Crippen LogP contribution in [0, 0.1) is 25.7 Å². The van der Waals surface area contributed by atoms with Crippen LogP contribution < -0.4 is 0 Å². The molecule has 0 bridgehead atoms. The van der Waals surface area contributed by atoms with E-state index in [4.69, 9.17) is 0 Å². The fourth-order valence-corrected chi connectivity index (χ4v) is 4.35. The number of hydrogen-bond donors (Lipinski definition) is 1. The first-order chi connectivity index (χ1) is 12.0. The van der Waals surface area contributed by atoms with Gasteiger partial charge in [0.25, 0.3) is 0 Å². The molecule has 2 fully saturated rings. The average Bonchev–Trinajstić information content (AvgIpc) is 2.89. The van der Waals surface area contributed by atoms with E-state index < -0.39 is 0 Å². The van der Waals surface area contributed by atoms with Gasteiger partial charge in [-0.1, -0.05) is 6.92 Å². The van der Waals surface area contributed by atoms with E-state index in [0.29, 0.717) is 0 Å². The second-order valence-corrected chi connectivity index (χ2v) is 8.49. The molecule has 1 N–H and O–H groups in total. The van der Waals surface area contributed by atoms with E-state index in [0.717, 1.165) is 63.3 Å². The molecule has 5 heteroatoms. The van der Waals surface area contributed by atoms with E-state index in [1.807, 2.05) is 0 Å². The molecule has 5 nitrogen and oxygen atoms in total. The third-order valence-electron chi connectivity index (χ3n) is 6.06. The van der Waals surface area contributed by atoms with Crippen molar-refractivity contribution in [1.82, 2.24) is 19.6 Å². The molecule has 2 saturated heterocycles. The van der Waals surface area contributed by atoms with Gasteiger partial charge in [-0.15, -0.1) is 0 Å². The second kappa shape index (κ2) is 8.65. The van der Waals surface area contributed by atoms with Crippen LogP contribution in [0.2, 0.25) is 0 Å². The third kappa shape index (κ3) is 5.53. The highest BCUT2D eigenvalue weighted by atomic mass is 16.3. The van der Waals surface area contributed by atoms with Crippen LogP contribution in [0.5, 0.6) is 0 Å². The Hall–Kier alpha value is -0.910. The van der Waals surface area contributed by atoms with Crippen molar-refractivity contribution in [1.29, 1.82) is 0 Å². The summed E-state index contributed by atoms with van der Waals surface area (Å²) < 4.78 is 2.17. The van der Waals surface area contributed by atoms with Crippen LogP contribution in [-0.2, 0) is 6.54 Å². The average molecular weight is 349 g/mol. The Morgan fingerprint density at radius 3 is 2.12 bits per heavy atom. The molecule has 0 amide bonds. The number of aliphatic hydroxyl groups is 1. The van der Waals surface area contributed by atoms with E-state index >= 15 is 0 Å². The van der Waals surface area contributed by atoms with E-state index in [2.05, 4.69) is 46.4 Å². The van der Waals surface area contributed by atoms with Crippen LogP contribution >= 0.6 is 0 Å². The first-order valence-corrected chi connectivity index (χ1v) is 10.1. The van der Waals surface area contributed by atoms with Gasteiger partial charge in [0.2, 0.25) is 0 Å². The van der Waals surface area contributed by atoms with Crippen molar-refractivity contribution in [3.8, 4) is 0 Å². The van der Waals surface area contributed by atoms with Crippen molar-refractivity contribution in [2.24, 2.45) is 11.8 Å². The lowest BCUT2D eigenvalue weighted by Gasteiger charge is -2.35. The standard InChI is InChI=1S/C20H36N4O/c1-16-4-8-22(9-5-16)14-20(25)15-23-10-6-19(7-11-23)13-24-18(3)12-17(2)21-24/h12,16,19-20,25H,4-11,13-15H2,1-3H3/t20-/m1/s1. The monoisotopic (exact) mass is 348 g/mol. The van der Waals surface area contributed by atoms with Crippen molar-refractivity contribution in [3.63, 3.8) is 0 Å². The number of aromatic nitrogens is 2. The largest absolute Gasteiger partial charge is 0.390 e. The summed E-state index contributed by atoms with van der Waals surface area (Å²) in [5.74, 6) is 1.57. The maximum Gasteiger partial charge on any atom is 0.0793 e. The molecule has 1 aromatic heterocycles. The van der Waals surface area contributed by atoms with Crippen molar-refractivity contribution in [2.75, 3.05) is 39.3 Å². The normalized spacial score (nSPS) is 23.2. The van der Waals surface area contributed by atoms with Crippen LogP contribution in [0.3, 0.4) is 0 Å². The molecule has 142 valence electrons. The summed E-state index contributed by atoms with van der Waals surface area (Å²) in [6.07, 6.45) is 4.79. The first-order valence-electron chi connectivity index (χ1n) is 10.1. The van der Waals surface area contributed by atoms with Gasteiger partial charge in [-0.2, -0.15) is 5.10 Å². The summed E-state index contributed by atoms with van der Waals surface area (Å²) in [4.78, 5) is 4.90. The predicted molar refractivity (Wildman–Crippen MR) is 102 cm³/mol. The van der Waals surface area contributed by atoms with Crippen molar-refractivity contribution >= 4 is 0 Å². The van der Waals surface area contributed by atoms with Crippen LogP contribution in [0.15, 0.2) is 6.07 Å². The zero-order chi connectivity index (χ0) is 17.8. The molecule has 0 aromatic carbocycles. The first kappa shape index (κ1) is 18.9. The number of aliphatic hydroxyl groups excluding tert-OH is 1. The molecule has 0 spiro atoms. The molecular formula is C20H36N4O. The molecule has 1 atom stereocenters. The maximum absolute atomic E-state index is 10.5. The van der Waals surface area contributed by atoms with Gasteiger partial charge < -0.3 is 14.9 Å². The number of aryl methyl sites for hydroxylation is 2. The van der Waals surface area contributed by atoms with E-state index in [-0.39, 0.29) is 6.10 Å². The van der Waals surface area contributed by atoms with Crippen LogP contribution in [0.4, 0.5) is 0 Å². The van der Waals surface area contributed by atoms with Gasteiger partial charge in [0, 0.05) is 25.3 Å². The Bertz CT molecular complexity index is 528. The Kier molecular flexibility index (Phi) is 6.53. The van der Waals surface area contributed by atoms with Gasteiger partial charge in [-0.05, 0) is 83.6 Å². The molecule has 25 heavy (non-hydrogen) atoms. The maximum atomic E-state index is 10.5. The smallest absolute Gasteiger partial charge is 0.0793 e. The number of likely N-dealkylation sites (tertiary alicyclic amines) is 2. The van der Waals surface area contributed by atoms with Crippen LogP contribution in [-0.4, -0.2) is 70.1 Å². The Balaban J connectivity index is 1.36. The lowest BCUT2D eigenvalue weighted by Crippen LogP contribution is -2.45. The molecule has 0 unspecified atom stereocenters. The lowest BCUT2D eigenvalue weighted by molar-refractivity contribution is 0.0489. The minimum Gasteiger partial charge on any atom is -0.390 e. The summed E-state index contributed by atoms with van der Waals surface area (Å²) in [7, 11) is 0.